The summed E-state index contributed by atoms with van der Waals surface area (Å²) in [7, 11) is 0. The molecule has 0 N–H and O–H groups in total. The summed E-state index contributed by atoms with van der Waals surface area (Å²) in [5.41, 5.74) is 19.0. The normalized spacial score (nSPS) is 23.4. The van der Waals surface area contributed by atoms with Gasteiger partial charge in [0.05, 0.1) is 0 Å². The minimum Gasteiger partial charge on any atom is -0.0651 e. The van der Waals surface area contributed by atoms with Crippen molar-refractivity contribution < 1.29 is 0 Å². The first-order valence-electron chi connectivity index (χ1n) is 17.1. The Morgan fingerprint density at radius 3 is 2.23 bits per heavy atom. The summed E-state index contributed by atoms with van der Waals surface area (Å²) in [5, 5.41) is 3.05. The van der Waals surface area contributed by atoms with E-state index in [1.54, 1.807) is 55.5 Å². The third-order valence-electron chi connectivity index (χ3n) is 12.0. The smallest absolute Gasteiger partial charge is 0.0105 e. The molecule has 0 amide bonds. The lowest BCUT2D eigenvalue weighted by Crippen LogP contribution is -2.23. The Labute approximate surface area is 257 Å². The molecule has 0 fully saturated rings. The van der Waals surface area contributed by atoms with E-state index in [0.29, 0.717) is 17.8 Å². The highest BCUT2D eigenvalue weighted by Crippen LogP contribution is 2.55. The molecule has 4 aliphatic rings. The zero-order valence-electron chi connectivity index (χ0n) is 25.8. The fourth-order valence-corrected chi connectivity index (χ4v) is 10.0. The molecule has 214 valence electrons. The standard InChI is InChI=1S/C43H42/c1-3-27-24-28-11-4-5-12-30(28)41(25-27)34-21-23-40-39-22-20-33(32-15-7-13-29-26(2)10-6-14-31(29)32)35-16-8-18-37(42(35)39)38-19-9-17-36(34)43(38)40/h4-6,8,10-12,14,16,18,20-23,27,32,38,41H,3,7,9,13,15,17,19,24-25H2,1-2H3. The van der Waals surface area contributed by atoms with E-state index in [0.717, 1.165) is 5.92 Å². The topological polar surface area (TPSA) is 0 Å². The molecule has 0 bridgehead atoms. The van der Waals surface area contributed by atoms with Gasteiger partial charge in [-0.2, -0.15) is 0 Å². The molecule has 4 atom stereocenters. The van der Waals surface area contributed by atoms with E-state index in [9.17, 15) is 0 Å². The molecule has 5 aromatic rings. The van der Waals surface area contributed by atoms with Gasteiger partial charge in [0, 0.05) is 17.8 Å². The second-order valence-corrected chi connectivity index (χ2v) is 14.1. The van der Waals surface area contributed by atoms with Gasteiger partial charge in [-0.25, -0.2) is 0 Å². The van der Waals surface area contributed by atoms with Crippen LogP contribution >= 0.6 is 0 Å². The Hall–Kier alpha value is -3.64. The Morgan fingerprint density at radius 1 is 0.605 bits per heavy atom. The van der Waals surface area contributed by atoms with Crippen LogP contribution in [-0.2, 0) is 19.3 Å². The van der Waals surface area contributed by atoms with Gasteiger partial charge in [0.15, 0.2) is 0 Å². The predicted molar refractivity (Wildman–Crippen MR) is 181 cm³/mol. The lowest BCUT2D eigenvalue weighted by Gasteiger charge is -2.39. The number of aryl methyl sites for hydroxylation is 1. The van der Waals surface area contributed by atoms with Gasteiger partial charge in [0.1, 0.15) is 0 Å². The van der Waals surface area contributed by atoms with E-state index < -0.39 is 0 Å². The van der Waals surface area contributed by atoms with Crippen LogP contribution in [0.1, 0.15) is 119 Å². The minimum absolute atomic E-state index is 0.497. The number of benzene rings is 5. The average Bonchev–Trinajstić information content (AvgIpc) is 3.06. The highest BCUT2D eigenvalue weighted by Gasteiger charge is 2.36. The van der Waals surface area contributed by atoms with Crippen LogP contribution in [0.2, 0.25) is 0 Å². The summed E-state index contributed by atoms with van der Waals surface area (Å²) >= 11 is 0. The zero-order valence-corrected chi connectivity index (χ0v) is 25.8. The number of hydrogen-bond donors (Lipinski definition) is 0. The zero-order chi connectivity index (χ0) is 28.7. The third-order valence-corrected chi connectivity index (χ3v) is 12.0. The summed E-state index contributed by atoms with van der Waals surface area (Å²) in [5.74, 6) is 2.33. The minimum atomic E-state index is 0.497. The SMILES string of the molecule is CCC1Cc2ccccc2C(c2ccc3c4c2CCCC4c2cccc4c(C5CCCc6c(C)cccc65)ccc-3c24)C1. The van der Waals surface area contributed by atoms with Crippen molar-refractivity contribution in [2.24, 2.45) is 5.92 Å². The molecule has 0 aliphatic heterocycles. The molecule has 0 saturated carbocycles. The first-order chi connectivity index (χ1) is 21.2. The Morgan fingerprint density at radius 2 is 1.33 bits per heavy atom. The van der Waals surface area contributed by atoms with Crippen molar-refractivity contribution in [2.45, 2.75) is 89.4 Å². The van der Waals surface area contributed by atoms with Crippen LogP contribution < -0.4 is 0 Å². The molecule has 0 nitrogen and oxygen atoms in total. The van der Waals surface area contributed by atoms with Crippen LogP contribution in [0.15, 0.2) is 84.9 Å². The summed E-state index contributed by atoms with van der Waals surface area (Å²) in [4.78, 5) is 0. The molecule has 0 heteroatoms. The first kappa shape index (κ1) is 25.8. The van der Waals surface area contributed by atoms with E-state index in [-0.39, 0.29) is 0 Å². The van der Waals surface area contributed by atoms with Crippen LogP contribution in [0, 0.1) is 12.8 Å². The van der Waals surface area contributed by atoms with E-state index >= 15 is 0 Å². The molecule has 0 aromatic heterocycles. The monoisotopic (exact) mass is 558 g/mol. The van der Waals surface area contributed by atoms with Gasteiger partial charge in [0.25, 0.3) is 0 Å². The van der Waals surface area contributed by atoms with E-state index in [1.165, 1.54) is 79.9 Å². The average molecular weight is 559 g/mol. The van der Waals surface area contributed by atoms with E-state index in [4.69, 9.17) is 0 Å². The maximum atomic E-state index is 2.56. The van der Waals surface area contributed by atoms with Crippen LogP contribution in [0.5, 0.6) is 0 Å². The van der Waals surface area contributed by atoms with Crippen LogP contribution in [0.25, 0.3) is 21.9 Å². The second kappa shape index (κ2) is 9.95. The van der Waals surface area contributed by atoms with Gasteiger partial charge in [0.2, 0.25) is 0 Å². The number of fused-ring (bicyclic) bond motifs is 4. The molecular weight excluding hydrogens is 516 g/mol. The maximum absolute atomic E-state index is 2.56. The second-order valence-electron chi connectivity index (χ2n) is 14.1. The predicted octanol–water partition coefficient (Wildman–Crippen LogP) is 11.2. The summed E-state index contributed by atoms with van der Waals surface area (Å²) in [6, 6.07) is 33.8. The van der Waals surface area contributed by atoms with Crippen LogP contribution in [-0.4, -0.2) is 0 Å². The van der Waals surface area contributed by atoms with Gasteiger partial charge in [-0.05, 0) is 142 Å². The van der Waals surface area contributed by atoms with Crippen LogP contribution in [0.4, 0.5) is 0 Å². The highest BCUT2D eigenvalue weighted by atomic mass is 14.4. The Balaban J connectivity index is 1.23. The lowest BCUT2D eigenvalue weighted by atomic mass is 9.65. The first-order valence-corrected chi connectivity index (χ1v) is 17.1. The van der Waals surface area contributed by atoms with Gasteiger partial charge >= 0.3 is 0 Å². The largest absolute Gasteiger partial charge is 0.0651 e. The fourth-order valence-electron chi connectivity index (χ4n) is 10.0. The molecule has 0 radical (unpaired) electrons. The number of rotatable bonds is 3. The highest BCUT2D eigenvalue weighted by molar-refractivity contribution is 6.05. The molecule has 4 aliphatic carbocycles. The van der Waals surface area contributed by atoms with Gasteiger partial charge in [-0.3, -0.25) is 0 Å². The Kier molecular flexibility index (Phi) is 5.97. The lowest BCUT2D eigenvalue weighted by molar-refractivity contribution is 0.414. The molecule has 9 rings (SSSR count). The summed E-state index contributed by atoms with van der Waals surface area (Å²) in [6.45, 7) is 4.69. The van der Waals surface area contributed by atoms with Crippen molar-refractivity contribution in [1.82, 2.24) is 0 Å². The van der Waals surface area contributed by atoms with Crippen molar-refractivity contribution in [3.05, 3.63) is 141 Å². The fraction of sp³-hybridized carbons (Fsp3) is 0.349. The van der Waals surface area contributed by atoms with E-state index in [1.807, 2.05) is 0 Å². The van der Waals surface area contributed by atoms with Crippen molar-refractivity contribution in [1.29, 1.82) is 0 Å². The van der Waals surface area contributed by atoms with Crippen LogP contribution in [0.3, 0.4) is 0 Å². The molecule has 5 aromatic carbocycles. The summed E-state index contributed by atoms with van der Waals surface area (Å²) in [6.07, 6.45) is 11.4. The molecule has 43 heavy (non-hydrogen) atoms. The van der Waals surface area contributed by atoms with E-state index in [2.05, 4.69) is 98.8 Å². The molecule has 0 saturated heterocycles. The van der Waals surface area contributed by atoms with Crippen molar-refractivity contribution in [3.63, 3.8) is 0 Å². The molecule has 0 spiro atoms. The quantitative estimate of drug-likeness (QED) is 0.207. The van der Waals surface area contributed by atoms with Crippen molar-refractivity contribution in [3.8, 4) is 11.1 Å². The molecule has 0 heterocycles. The summed E-state index contributed by atoms with van der Waals surface area (Å²) < 4.78 is 0. The van der Waals surface area contributed by atoms with Gasteiger partial charge < -0.3 is 0 Å². The van der Waals surface area contributed by atoms with Crippen molar-refractivity contribution >= 4 is 10.8 Å². The molecular formula is C43H42. The van der Waals surface area contributed by atoms with Gasteiger partial charge in [-0.15, -0.1) is 0 Å². The van der Waals surface area contributed by atoms with Gasteiger partial charge in [-0.1, -0.05) is 98.3 Å². The maximum Gasteiger partial charge on any atom is 0.0105 e. The van der Waals surface area contributed by atoms with Crippen molar-refractivity contribution in [2.75, 3.05) is 0 Å². The number of hydrogen-bond acceptors (Lipinski definition) is 0. The molecule has 4 unspecified atom stereocenters. The third kappa shape index (κ3) is 3.81. The Bertz CT molecular complexity index is 1900.